The number of hydrogen-bond acceptors (Lipinski definition) is 4. The lowest BCUT2D eigenvalue weighted by atomic mass is 9.76. The lowest BCUT2D eigenvalue weighted by molar-refractivity contribution is -0.142. The molecular formula is C29H38N2O3. The van der Waals surface area contributed by atoms with E-state index in [0.29, 0.717) is 0 Å². The summed E-state index contributed by atoms with van der Waals surface area (Å²) in [6.45, 7) is 11.6. The number of aliphatic hydroxyl groups is 1. The molecule has 0 unspecified atom stereocenters. The third-order valence-electron chi connectivity index (χ3n) is 6.08. The summed E-state index contributed by atoms with van der Waals surface area (Å²) in [4.78, 5) is 14.3. The van der Waals surface area contributed by atoms with Crippen molar-refractivity contribution >= 4 is 5.97 Å². The molecule has 182 valence electrons. The highest BCUT2D eigenvalue weighted by molar-refractivity contribution is 5.75. The van der Waals surface area contributed by atoms with Gasteiger partial charge in [0, 0.05) is 0 Å². The second kappa shape index (κ2) is 13.7. The van der Waals surface area contributed by atoms with Crippen LogP contribution >= 0.6 is 0 Å². The lowest BCUT2D eigenvalue weighted by Crippen LogP contribution is -2.56. The van der Waals surface area contributed by atoms with E-state index in [1.165, 1.54) is 26.6 Å². The van der Waals surface area contributed by atoms with Gasteiger partial charge < -0.3 is 15.1 Å². The van der Waals surface area contributed by atoms with Crippen molar-refractivity contribution in [2.75, 3.05) is 19.6 Å². The number of nitrogens with zero attached hydrogens (tertiary/aromatic N) is 1. The van der Waals surface area contributed by atoms with Crippen LogP contribution in [0.1, 0.15) is 44.4 Å². The number of aliphatic hydroxyl groups excluding tert-OH is 1. The van der Waals surface area contributed by atoms with Gasteiger partial charge in [0.05, 0.1) is 11.6 Å². The van der Waals surface area contributed by atoms with Gasteiger partial charge in [-0.15, -0.1) is 0 Å². The molecule has 3 rings (SSSR count). The van der Waals surface area contributed by atoms with Gasteiger partial charge in [0.2, 0.25) is 0 Å². The van der Waals surface area contributed by atoms with Crippen LogP contribution in [0.2, 0.25) is 0 Å². The minimum absolute atomic E-state index is 0.898. The average molecular weight is 463 g/mol. The number of nitrogens with one attached hydrogen (secondary N) is 1. The van der Waals surface area contributed by atoms with Crippen molar-refractivity contribution < 1.29 is 15.0 Å². The van der Waals surface area contributed by atoms with Gasteiger partial charge in [-0.05, 0) is 43.2 Å². The van der Waals surface area contributed by atoms with Crippen LogP contribution in [0.25, 0.3) is 0 Å². The fraction of sp³-hybridized carbons (Fsp3) is 0.345. The Morgan fingerprint density at radius 2 is 1.09 bits per heavy atom. The van der Waals surface area contributed by atoms with Crippen LogP contribution in [0.15, 0.2) is 91.0 Å². The first-order valence-corrected chi connectivity index (χ1v) is 12.0. The molecule has 0 fully saturated rings. The SMILES string of the molecule is CCN(CC)CC.C[C@@H](O)[C@H](NC(c1ccccc1)(c1ccccc1)c1ccccc1)C(=O)O. The Morgan fingerprint density at radius 1 is 0.765 bits per heavy atom. The molecule has 5 heteroatoms. The molecule has 0 aromatic heterocycles. The van der Waals surface area contributed by atoms with E-state index in [0.717, 1.165) is 16.7 Å². The summed E-state index contributed by atoms with van der Waals surface area (Å²) in [7, 11) is 0. The number of carboxylic acids is 1. The maximum atomic E-state index is 11.9. The topological polar surface area (TPSA) is 72.8 Å². The van der Waals surface area contributed by atoms with Crippen LogP contribution in [-0.2, 0) is 10.3 Å². The first kappa shape index (κ1) is 27.3. The van der Waals surface area contributed by atoms with Gasteiger partial charge >= 0.3 is 5.97 Å². The molecule has 0 saturated carbocycles. The number of benzene rings is 3. The van der Waals surface area contributed by atoms with Gasteiger partial charge in [-0.1, -0.05) is 112 Å². The van der Waals surface area contributed by atoms with Crippen molar-refractivity contribution in [1.82, 2.24) is 10.2 Å². The van der Waals surface area contributed by atoms with Gasteiger partial charge in [0.25, 0.3) is 0 Å². The summed E-state index contributed by atoms with van der Waals surface area (Å²) in [5.74, 6) is -1.10. The second-order valence-corrected chi connectivity index (χ2v) is 8.17. The van der Waals surface area contributed by atoms with Crippen molar-refractivity contribution in [3.63, 3.8) is 0 Å². The summed E-state index contributed by atoms with van der Waals surface area (Å²) in [6.07, 6.45) is -1.07. The fourth-order valence-electron chi connectivity index (χ4n) is 4.11. The van der Waals surface area contributed by atoms with E-state index < -0.39 is 23.7 Å². The van der Waals surface area contributed by atoms with Crippen LogP contribution in [-0.4, -0.2) is 52.9 Å². The van der Waals surface area contributed by atoms with Gasteiger partial charge in [-0.2, -0.15) is 0 Å². The maximum absolute atomic E-state index is 11.9. The summed E-state index contributed by atoms with van der Waals surface area (Å²) < 4.78 is 0. The highest BCUT2D eigenvalue weighted by Gasteiger charge is 2.41. The van der Waals surface area contributed by atoms with Crippen molar-refractivity contribution in [1.29, 1.82) is 0 Å². The molecule has 0 aliphatic rings. The van der Waals surface area contributed by atoms with E-state index in [2.05, 4.69) is 31.0 Å². The first-order valence-electron chi connectivity index (χ1n) is 12.0. The van der Waals surface area contributed by atoms with Crippen LogP contribution in [0.4, 0.5) is 0 Å². The Kier molecular flexibility index (Phi) is 10.9. The predicted molar refractivity (Wildman–Crippen MR) is 139 cm³/mol. The van der Waals surface area contributed by atoms with Gasteiger partial charge in [0.15, 0.2) is 0 Å². The largest absolute Gasteiger partial charge is 0.480 e. The molecule has 0 aliphatic carbocycles. The van der Waals surface area contributed by atoms with Crippen molar-refractivity contribution in [3.05, 3.63) is 108 Å². The molecule has 0 bridgehead atoms. The van der Waals surface area contributed by atoms with Gasteiger partial charge in [0.1, 0.15) is 6.04 Å². The molecule has 34 heavy (non-hydrogen) atoms. The predicted octanol–water partition coefficient (Wildman–Crippen LogP) is 4.75. The van der Waals surface area contributed by atoms with Crippen molar-refractivity contribution in [2.45, 2.75) is 45.4 Å². The third kappa shape index (κ3) is 6.76. The Hall–Kier alpha value is -2.99. The average Bonchev–Trinajstić information content (AvgIpc) is 2.87. The highest BCUT2D eigenvalue weighted by atomic mass is 16.4. The molecule has 3 aromatic rings. The molecule has 5 nitrogen and oxygen atoms in total. The van der Waals surface area contributed by atoms with E-state index >= 15 is 0 Å². The van der Waals surface area contributed by atoms with E-state index in [4.69, 9.17) is 0 Å². The molecule has 0 radical (unpaired) electrons. The highest BCUT2D eigenvalue weighted by Crippen LogP contribution is 2.37. The minimum Gasteiger partial charge on any atom is -0.480 e. The van der Waals surface area contributed by atoms with E-state index in [-0.39, 0.29) is 0 Å². The van der Waals surface area contributed by atoms with Crippen molar-refractivity contribution in [3.8, 4) is 0 Å². The monoisotopic (exact) mass is 462 g/mol. The summed E-state index contributed by atoms with van der Waals surface area (Å²) in [5, 5.41) is 23.1. The van der Waals surface area contributed by atoms with Gasteiger partial charge in [-0.25, -0.2) is 0 Å². The number of carbonyl (C=O) groups is 1. The Labute approximate surface area is 204 Å². The zero-order chi connectivity index (χ0) is 25.0. The standard InChI is InChI=1S/C23H23NO3.C6H15N/c1-17(25)21(22(26)27)24-23(18-11-5-2-6-12-18,19-13-7-3-8-14-19)20-15-9-4-10-16-20;1-4-7(5-2)6-3/h2-17,21,24-25H,1H3,(H,26,27);4-6H2,1-3H3/t17-,21+;/m1./s1. The zero-order valence-electron chi connectivity index (χ0n) is 20.7. The molecule has 0 amide bonds. The third-order valence-corrected chi connectivity index (χ3v) is 6.08. The second-order valence-electron chi connectivity index (χ2n) is 8.17. The lowest BCUT2D eigenvalue weighted by Gasteiger charge is -2.39. The minimum atomic E-state index is -1.15. The van der Waals surface area contributed by atoms with Gasteiger partial charge in [-0.3, -0.25) is 10.1 Å². The zero-order valence-corrected chi connectivity index (χ0v) is 20.7. The number of carboxylic acid groups (broad SMARTS) is 1. The molecule has 3 N–H and O–H groups in total. The molecule has 0 heterocycles. The molecular weight excluding hydrogens is 424 g/mol. The Bertz CT molecular complexity index is 856. The Morgan fingerprint density at radius 3 is 1.29 bits per heavy atom. The smallest absolute Gasteiger partial charge is 0.323 e. The van der Waals surface area contributed by atoms with Crippen LogP contribution in [0.5, 0.6) is 0 Å². The maximum Gasteiger partial charge on any atom is 0.323 e. The number of hydrogen-bond donors (Lipinski definition) is 3. The van der Waals surface area contributed by atoms with Crippen LogP contribution < -0.4 is 5.32 Å². The number of aliphatic carboxylic acids is 1. The summed E-state index contributed by atoms with van der Waals surface area (Å²) in [5.41, 5.74) is 1.77. The fourth-order valence-corrected chi connectivity index (χ4v) is 4.11. The first-order chi connectivity index (χ1) is 16.4. The quantitative estimate of drug-likeness (QED) is 0.379. The van der Waals surface area contributed by atoms with E-state index in [9.17, 15) is 15.0 Å². The van der Waals surface area contributed by atoms with E-state index in [1.54, 1.807) is 0 Å². The molecule has 3 aromatic carbocycles. The van der Waals surface area contributed by atoms with Crippen molar-refractivity contribution in [2.24, 2.45) is 0 Å². The summed E-state index contributed by atoms with van der Waals surface area (Å²) >= 11 is 0. The molecule has 0 aliphatic heterocycles. The van der Waals surface area contributed by atoms with E-state index in [1.807, 2.05) is 91.0 Å². The molecule has 2 atom stereocenters. The molecule has 0 spiro atoms. The number of rotatable bonds is 10. The Balaban J connectivity index is 0.000000509. The summed E-state index contributed by atoms with van der Waals surface area (Å²) in [6, 6.07) is 28.0. The van der Waals surface area contributed by atoms with Crippen LogP contribution in [0.3, 0.4) is 0 Å². The molecule has 0 saturated heterocycles. The normalized spacial score (nSPS) is 13.0. The van der Waals surface area contributed by atoms with Crippen LogP contribution in [0, 0.1) is 0 Å².